The topological polar surface area (TPSA) is 19.4 Å². The van der Waals surface area contributed by atoms with Gasteiger partial charge in [-0.05, 0) is 17.7 Å². The quantitative estimate of drug-likeness (QED) is 0.595. The number of fused-ring (bicyclic) bond motifs is 1. The van der Waals surface area contributed by atoms with Gasteiger partial charge in [-0.2, -0.15) is 13.2 Å². The average molecular weight is 406 g/mol. The number of anilines is 1. The van der Waals surface area contributed by atoms with Crippen molar-refractivity contribution in [2.75, 3.05) is 31.1 Å². The summed E-state index contributed by atoms with van der Waals surface area (Å²) in [5, 5.41) is 0.879. The number of pyridine rings is 1. The van der Waals surface area contributed by atoms with Crippen LogP contribution in [0.5, 0.6) is 0 Å². The van der Waals surface area contributed by atoms with Crippen LogP contribution in [0.2, 0.25) is 5.02 Å². The van der Waals surface area contributed by atoms with Gasteiger partial charge >= 0.3 is 6.18 Å². The summed E-state index contributed by atoms with van der Waals surface area (Å²) in [6.45, 7) is 3.69. The number of para-hydroxylation sites is 1. The standard InChI is InChI=1S/C21H19ClF3N3/c22-17-8-4-7-16-18(13-19(21(23,24)25)26-20(16)17)28-11-9-27(10-12-28)14-15-5-2-1-3-6-15/h1-8,13H,9-12,14H2. The van der Waals surface area contributed by atoms with Gasteiger partial charge in [0.05, 0.1) is 10.5 Å². The van der Waals surface area contributed by atoms with Gasteiger partial charge in [0.2, 0.25) is 0 Å². The van der Waals surface area contributed by atoms with Gasteiger partial charge in [-0.15, -0.1) is 0 Å². The second-order valence-corrected chi connectivity index (χ2v) is 7.32. The van der Waals surface area contributed by atoms with E-state index in [1.807, 2.05) is 23.1 Å². The molecule has 28 heavy (non-hydrogen) atoms. The predicted octanol–water partition coefficient (Wildman–Crippen LogP) is 5.23. The van der Waals surface area contributed by atoms with Crippen LogP contribution in [-0.4, -0.2) is 36.1 Å². The van der Waals surface area contributed by atoms with Crippen molar-refractivity contribution < 1.29 is 13.2 Å². The summed E-state index contributed by atoms with van der Waals surface area (Å²) in [4.78, 5) is 8.09. The molecule has 0 saturated carbocycles. The number of halogens is 4. The molecule has 0 bridgehead atoms. The fourth-order valence-electron chi connectivity index (χ4n) is 3.59. The van der Waals surface area contributed by atoms with E-state index in [1.165, 1.54) is 5.56 Å². The monoisotopic (exact) mass is 405 g/mol. The van der Waals surface area contributed by atoms with Gasteiger partial charge in [0.15, 0.2) is 0 Å². The Hall–Kier alpha value is -2.31. The fourth-order valence-corrected chi connectivity index (χ4v) is 3.81. The van der Waals surface area contributed by atoms with E-state index in [2.05, 4.69) is 22.0 Å². The molecule has 1 aliphatic rings. The second-order valence-electron chi connectivity index (χ2n) is 6.91. The zero-order chi connectivity index (χ0) is 19.7. The lowest BCUT2D eigenvalue weighted by atomic mass is 10.1. The highest BCUT2D eigenvalue weighted by Gasteiger charge is 2.34. The van der Waals surface area contributed by atoms with Gasteiger partial charge in [-0.1, -0.05) is 54.1 Å². The number of nitrogens with zero attached hydrogens (tertiary/aromatic N) is 3. The summed E-state index contributed by atoms with van der Waals surface area (Å²) in [5.74, 6) is 0. The van der Waals surface area contributed by atoms with Crippen LogP contribution in [0.1, 0.15) is 11.3 Å². The fraction of sp³-hybridized carbons (Fsp3) is 0.286. The Morgan fingerprint density at radius 1 is 0.929 bits per heavy atom. The van der Waals surface area contributed by atoms with Gasteiger partial charge in [0, 0.05) is 43.8 Å². The molecule has 0 unspecified atom stereocenters. The molecule has 1 aliphatic heterocycles. The Morgan fingerprint density at radius 3 is 2.32 bits per heavy atom. The van der Waals surface area contributed by atoms with Crippen LogP contribution in [0.3, 0.4) is 0 Å². The number of hydrogen-bond acceptors (Lipinski definition) is 3. The van der Waals surface area contributed by atoms with Crippen molar-refractivity contribution in [3.05, 3.63) is 70.9 Å². The van der Waals surface area contributed by atoms with E-state index < -0.39 is 11.9 Å². The van der Waals surface area contributed by atoms with Gasteiger partial charge in [-0.3, -0.25) is 4.90 Å². The molecule has 1 aromatic heterocycles. The molecule has 1 saturated heterocycles. The van der Waals surface area contributed by atoms with Crippen LogP contribution in [0.15, 0.2) is 54.6 Å². The van der Waals surface area contributed by atoms with Crippen molar-refractivity contribution in [2.45, 2.75) is 12.7 Å². The number of hydrogen-bond donors (Lipinski definition) is 0. The molecule has 146 valence electrons. The van der Waals surface area contributed by atoms with Crippen LogP contribution in [0, 0.1) is 0 Å². The molecule has 0 N–H and O–H groups in total. The lowest BCUT2D eigenvalue weighted by Gasteiger charge is -2.36. The molecule has 3 nitrogen and oxygen atoms in total. The number of benzene rings is 2. The number of aromatic nitrogens is 1. The normalized spacial score (nSPS) is 15.9. The molecule has 0 radical (unpaired) electrons. The summed E-state index contributed by atoms with van der Waals surface area (Å²) in [6, 6.07) is 16.4. The van der Waals surface area contributed by atoms with E-state index >= 15 is 0 Å². The smallest absolute Gasteiger partial charge is 0.368 e. The summed E-state index contributed by atoms with van der Waals surface area (Å²) in [5.41, 5.74) is 1.06. The van der Waals surface area contributed by atoms with E-state index in [9.17, 15) is 13.2 Å². The molecule has 2 aromatic carbocycles. The molecule has 0 amide bonds. The number of piperazine rings is 1. The minimum atomic E-state index is -4.52. The average Bonchev–Trinajstić information content (AvgIpc) is 2.68. The summed E-state index contributed by atoms with van der Waals surface area (Å²) in [7, 11) is 0. The molecule has 2 heterocycles. The van der Waals surface area contributed by atoms with E-state index in [0.717, 1.165) is 25.7 Å². The van der Waals surface area contributed by atoms with Crippen molar-refractivity contribution in [2.24, 2.45) is 0 Å². The summed E-state index contributed by atoms with van der Waals surface area (Å²) >= 11 is 6.15. The molecule has 7 heteroatoms. The second kappa shape index (κ2) is 7.60. The maximum Gasteiger partial charge on any atom is 0.433 e. The maximum atomic E-state index is 13.4. The minimum absolute atomic E-state index is 0.195. The molecule has 0 atom stereocenters. The number of rotatable bonds is 3. The third-order valence-corrected chi connectivity index (χ3v) is 5.33. The van der Waals surface area contributed by atoms with Crippen molar-refractivity contribution in [3.63, 3.8) is 0 Å². The summed E-state index contributed by atoms with van der Waals surface area (Å²) in [6.07, 6.45) is -4.52. The first-order valence-corrected chi connectivity index (χ1v) is 9.47. The van der Waals surface area contributed by atoms with Gasteiger partial charge < -0.3 is 4.90 Å². The zero-order valence-electron chi connectivity index (χ0n) is 15.1. The van der Waals surface area contributed by atoms with Crippen LogP contribution in [-0.2, 0) is 12.7 Å². The maximum absolute atomic E-state index is 13.4. The first-order valence-electron chi connectivity index (χ1n) is 9.09. The van der Waals surface area contributed by atoms with E-state index in [1.54, 1.807) is 18.2 Å². The van der Waals surface area contributed by atoms with Crippen LogP contribution >= 0.6 is 11.6 Å². The van der Waals surface area contributed by atoms with E-state index in [-0.39, 0.29) is 10.5 Å². The van der Waals surface area contributed by atoms with Gasteiger partial charge in [0.1, 0.15) is 5.69 Å². The van der Waals surface area contributed by atoms with Gasteiger partial charge in [-0.25, -0.2) is 4.98 Å². The molecule has 0 spiro atoms. The Balaban J connectivity index is 1.60. The van der Waals surface area contributed by atoms with Gasteiger partial charge in [0.25, 0.3) is 0 Å². The summed E-state index contributed by atoms with van der Waals surface area (Å²) < 4.78 is 40.1. The van der Waals surface area contributed by atoms with Crippen LogP contribution in [0.4, 0.5) is 18.9 Å². The molecular weight excluding hydrogens is 387 g/mol. The highest BCUT2D eigenvalue weighted by molar-refractivity contribution is 6.35. The predicted molar refractivity (Wildman–Crippen MR) is 106 cm³/mol. The SMILES string of the molecule is FC(F)(F)c1cc(N2CCN(Cc3ccccc3)CC2)c2cccc(Cl)c2n1. The Kier molecular flexibility index (Phi) is 5.17. The van der Waals surface area contributed by atoms with Crippen LogP contribution in [0.25, 0.3) is 10.9 Å². The molecule has 4 rings (SSSR count). The first-order chi connectivity index (χ1) is 13.4. The minimum Gasteiger partial charge on any atom is -0.368 e. The van der Waals surface area contributed by atoms with E-state index in [0.29, 0.717) is 24.2 Å². The van der Waals surface area contributed by atoms with Crippen molar-refractivity contribution >= 4 is 28.2 Å². The van der Waals surface area contributed by atoms with E-state index in [4.69, 9.17) is 11.6 Å². The number of alkyl halides is 3. The van der Waals surface area contributed by atoms with Crippen LogP contribution < -0.4 is 4.90 Å². The van der Waals surface area contributed by atoms with Crippen molar-refractivity contribution in [3.8, 4) is 0 Å². The van der Waals surface area contributed by atoms with Crippen molar-refractivity contribution in [1.29, 1.82) is 0 Å². The molecule has 3 aromatic rings. The highest BCUT2D eigenvalue weighted by atomic mass is 35.5. The Bertz CT molecular complexity index is 968. The Labute approximate surface area is 166 Å². The largest absolute Gasteiger partial charge is 0.433 e. The lowest BCUT2D eigenvalue weighted by molar-refractivity contribution is -0.140. The lowest BCUT2D eigenvalue weighted by Crippen LogP contribution is -2.46. The Morgan fingerprint density at radius 2 is 1.64 bits per heavy atom. The molecule has 1 fully saturated rings. The molecular formula is C21H19ClF3N3. The molecule has 0 aliphatic carbocycles. The zero-order valence-corrected chi connectivity index (χ0v) is 15.8. The third-order valence-electron chi connectivity index (χ3n) is 5.02. The van der Waals surface area contributed by atoms with Crippen molar-refractivity contribution in [1.82, 2.24) is 9.88 Å². The third kappa shape index (κ3) is 3.93. The highest BCUT2D eigenvalue weighted by Crippen LogP contribution is 2.37. The first kappa shape index (κ1) is 19.0.